The Morgan fingerprint density at radius 2 is 1.62 bits per heavy atom. The van der Waals surface area contributed by atoms with Gasteiger partial charge in [-0.3, -0.25) is 0 Å². The SMILES string of the molecule is CC(C)CC1=Cc2c(ccc(C(C)(C)C)c2-c2ccccc2C(C)C)[CH]1[Zr]([Cl])[Cl]. The fraction of sp³-hybridized carbons (Fsp3) is 0.462. The van der Waals surface area contributed by atoms with Gasteiger partial charge < -0.3 is 0 Å². The van der Waals surface area contributed by atoms with Crippen molar-refractivity contribution in [3.8, 4) is 11.1 Å². The molecule has 1 aliphatic carbocycles. The monoisotopic (exact) mass is 505 g/mol. The van der Waals surface area contributed by atoms with E-state index in [9.17, 15) is 0 Å². The number of hydrogen-bond acceptors (Lipinski definition) is 0. The van der Waals surface area contributed by atoms with Gasteiger partial charge in [-0.25, -0.2) is 0 Å². The van der Waals surface area contributed by atoms with E-state index < -0.39 is 19.4 Å². The van der Waals surface area contributed by atoms with E-state index in [-0.39, 0.29) is 9.04 Å². The van der Waals surface area contributed by atoms with E-state index in [2.05, 4.69) is 90.9 Å². The molecular weight excluding hydrogens is 474 g/mol. The first-order valence-electron chi connectivity index (χ1n) is 10.7. The second-order valence-electron chi connectivity index (χ2n) is 10.0. The molecule has 1 atom stereocenters. The summed E-state index contributed by atoms with van der Waals surface area (Å²) in [6.45, 7) is 16.1. The Labute approximate surface area is 192 Å². The summed E-state index contributed by atoms with van der Waals surface area (Å²) in [5.74, 6) is 1.07. The van der Waals surface area contributed by atoms with Crippen LogP contribution in [0.2, 0.25) is 0 Å². The van der Waals surface area contributed by atoms with Crippen LogP contribution in [0.3, 0.4) is 0 Å². The van der Waals surface area contributed by atoms with E-state index in [0.29, 0.717) is 11.8 Å². The van der Waals surface area contributed by atoms with Gasteiger partial charge >= 0.3 is 194 Å². The molecule has 0 fully saturated rings. The molecule has 1 aliphatic rings. The number of halogens is 2. The van der Waals surface area contributed by atoms with Crippen molar-refractivity contribution >= 4 is 23.1 Å². The topological polar surface area (TPSA) is 0 Å². The molecule has 0 heterocycles. The van der Waals surface area contributed by atoms with Crippen molar-refractivity contribution in [1.29, 1.82) is 0 Å². The molecule has 3 heteroatoms. The Morgan fingerprint density at radius 1 is 0.966 bits per heavy atom. The minimum absolute atomic E-state index is 0.0576. The fourth-order valence-corrected chi connectivity index (χ4v) is 9.99. The molecule has 1 unspecified atom stereocenters. The number of benzene rings is 2. The summed E-state index contributed by atoms with van der Waals surface area (Å²) in [4.78, 5) is 0. The van der Waals surface area contributed by atoms with Crippen molar-refractivity contribution in [1.82, 2.24) is 0 Å². The Bertz CT molecular complexity index is 917. The molecule has 0 bridgehead atoms. The van der Waals surface area contributed by atoms with E-state index >= 15 is 0 Å². The summed E-state index contributed by atoms with van der Waals surface area (Å²) in [7, 11) is 13.4. The molecule has 2 aromatic rings. The Balaban J connectivity index is 2.36. The molecule has 0 aromatic heterocycles. The van der Waals surface area contributed by atoms with Crippen molar-refractivity contribution in [2.24, 2.45) is 5.92 Å². The van der Waals surface area contributed by atoms with Crippen molar-refractivity contribution < 1.29 is 19.4 Å². The molecule has 0 aliphatic heterocycles. The molecule has 0 nitrogen and oxygen atoms in total. The quantitative estimate of drug-likeness (QED) is 0.378. The maximum atomic E-state index is 6.72. The predicted molar refractivity (Wildman–Crippen MR) is 127 cm³/mol. The summed E-state index contributed by atoms with van der Waals surface area (Å²) in [6, 6.07) is 13.6. The first kappa shape index (κ1) is 23.3. The van der Waals surface area contributed by atoms with Gasteiger partial charge in [0.1, 0.15) is 0 Å². The second-order valence-corrected chi connectivity index (χ2v) is 18.8. The van der Waals surface area contributed by atoms with Crippen LogP contribution in [0.1, 0.15) is 86.7 Å². The maximum absolute atomic E-state index is 6.72. The van der Waals surface area contributed by atoms with Gasteiger partial charge in [0.15, 0.2) is 0 Å². The molecule has 155 valence electrons. The van der Waals surface area contributed by atoms with Gasteiger partial charge in [0.2, 0.25) is 0 Å². The summed E-state index contributed by atoms with van der Waals surface area (Å²) < 4.78 is 0.275. The molecule has 0 saturated heterocycles. The third-order valence-electron chi connectivity index (χ3n) is 5.81. The van der Waals surface area contributed by atoms with E-state index in [1.807, 2.05) is 0 Å². The first-order valence-corrected chi connectivity index (χ1v) is 18.4. The standard InChI is InChI=1S/C26H33.2ClH.Zr/c1-17(2)14-19-15-20-12-13-24(26(5,6)7)25(23(20)16-19)22-11-9-8-10-21(22)18(3)4;;;/h8-13,15-18H,14H2,1-7H3;2*1H;/q;;;+2/p-2. The van der Waals surface area contributed by atoms with Crippen LogP contribution in [-0.2, 0) is 24.8 Å². The fourth-order valence-electron chi connectivity index (χ4n) is 4.56. The van der Waals surface area contributed by atoms with Crippen LogP contribution in [0.4, 0.5) is 0 Å². The molecule has 0 spiro atoms. The zero-order valence-corrected chi connectivity index (χ0v) is 22.7. The van der Waals surface area contributed by atoms with Crippen LogP contribution in [-0.4, -0.2) is 0 Å². The molecule has 3 rings (SSSR count). The normalized spacial score (nSPS) is 16.4. The summed E-state index contributed by atoms with van der Waals surface area (Å²) >= 11 is -2.52. The minimum atomic E-state index is -2.52. The van der Waals surface area contributed by atoms with Gasteiger partial charge in [0.05, 0.1) is 0 Å². The van der Waals surface area contributed by atoms with Crippen molar-refractivity contribution in [2.45, 2.75) is 69.8 Å². The van der Waals surface area contributed by atoms with Crippen LogP contribution in [0.25, 0.3) is 17.2 Å². The zero-order chi connectivity index (χ0) is 21.5. The van der Waals surface area contributed by atoms with E-state index in [0.717, 1.165) is 6.42 Å². The molecular formula is C26H33Cl2Zr. The van der Waals surface area contributed by atoms with Crippen LogP contribution >= 0.6 is 17.0 Å². The number of rotatable bonds is 5. The van der Waals surface area contributed by atoms with Gasteiger partial charge in [-0.2, -0.15) is 0 Å². The zero-order valence-electron chi connectivity index (χ0n) is 18.7. The second kappa shape index (κ2) is 9.02. The molecule has 0 saturated carbocycles. The van der Waals surface area contributed by atoms with Crippen molar-refractivity contribution in [2.75, 3.05) is 0 Å². The van der Waals surface area contributed by atoms with Gasteiger partial charge in [-0.1, -0.05) is 0 Å². The molecule has 0 radical (unpaired) electrons. The molecule has 0 N–H and O–H groups in total. The molecule has 2 aromatic carbocycles. The number of hydrogen-bond donors (Lipinski definition) is 0. The van der Waals surface area contributed by atoms with Crippen LogP contribution in [0, 0.1) is 5.92 Å². The van der Waals surface area contributed by atoms with E-state index in [1.165, 1.54) is 39.0 Å². The van der Waals surface area contributed by atoms with Crippen molar-refractivity contribution in [3.63, 3.8) is 0 Å². The molecule has 0 amide bonds. The van der Waals surface area contributed by atoms with E-state index in [1.54, 1.807) is 0 Å². The molecule has 29 heavy (non-hydrogen) atoms. The average Bonchev–Trinajstić information content (AvgIpc) is 2.97. The first-order chi connectivity index (χ1) is 13.5. The van der Waals surface area contributed by atoms with Gasteiger partial charge in [0, 0.05) is 0 Å². The summed E-state index contributed by atoms with van der Waals surface area (Å²) in [6.07, 6.45) is 3.51. The average molecular weight is 508 g/mol. The number of allylic oxidation sites excluding steroid dienone is 1. The number of fused-ring (bicyclic) bond motifs is 1. The Hall–Kier alpha value is -0.357. The third-order valence-corrected chi connectivity index (χ3v) is 11.1. The van der Waals surface area contributed by atoms with Crippen molar-refractivity contribution in [3.05, 3.63) is 64.2 Å². The Kier molecular flexibility index (Phi) is 7.25. The third kappa shape index (κ3) is 4.78. The van der Waals surface area contributed by atoms with Crippen LogP contribution in [0.15, 0.2) is 42.0 Å². The summed E-state index contributed by atoms with van der Waals surface area (Å²) in [5.41, 5.74) is 9.79. The van der Waals surface area contributed by atoms with E-state index in [4.69, 9.17) is 17.0 Å². The Morgan fingerprint density at radius 3 is 2.17 bits per heavy atom. The predicted octanol–water partition coefficient (Wildman–Crippen LogP) is 9.18. The van der Waals surface area contributed by atoms with Crippen LogP contribution in [0.5, 0.6) is 0 Å². The van der Waals surface area contributed by atoms with Gasteiger partial charge in [-0.15, -0.1) is 0 Å². The van der Waals surface area contributed by atoms with Crippen LogP contribution < -0.4 is 0 Å². The van der Waals surface area contributed by atoms with Gasteiger partial charge in [0.25, 0.3) is 0 Å². The summed E-state index contributed by atoms with van der Waals surface area (Å²) in [5, 5.41) is 0. The van der Waals surface area contributed by atoms with Gasteiger partial charge in [-0.05, 0) is 0 Å².